The minimum absolute atomic E-state index is 0.152. The van der Waals surface area contributed by atoms with Crippen molar-refractivity contribution >= 4 is 21.8 Å². The molecule has 0 radical (unpaired) electrons. The molecule has 0 atom stereocenters. The maximum atomic E-state index is 12.2. The van der Waals surface area contributed by atoms with Gasteiger partial charge in [0.05, 0.1) is 12.2 Å². The molecule has 0 heterocycles. The van der Waals surface area contributed by atoms with Gasteiger partial charge in [-0.25, -0.2) is 0 Å². The first-order valence-electron chi connectivity index (χ1n) is 6.07. The summed E-state index contributed by atoms with van der Waals surface area (Å²) in [6.45, 7) is 6.71. The lowest BCUT2D eigenvalue weighted by Gasteiger charge is -2.21. The number of hydrogen-bond donors (Lipinski definition) is 1. The lowest BCUT2D eigenvalue weighted by Crippen LogP contribution is -2.40. The number of rotatable bonds is 5. The number of carbonyl (C=O) groups is 1. The SMILES string of the molecule is COCCOc1ccc(Br)cc1C(=O)NC(C)(C)C. The van der Waals surface area contributed by atoms with Gasteiger partial charge in [0, 0.05) is 17.1 Å². The number of carbonyl (C=O) groups excluding carboxylic acids is 1. The zero-order chi connectivity index (χ0) is 14.5. The monoisotopic (exact) mass is 329 g/mol. The smallest absolute Gasteiger partial charge is 0.255 e. The molecule has 0 aliphatic carbocycles. The second kappa shape index (κ2) is 6.91. The molecular formula is C14H20BrNO3. The van der Waals surface area contributed by atoms with Crippen molar-refractivity contribution in [3.05, 3.63) is 28.2 Å². The zero-order valence-electron chi connectivity index (χ0n) is 11.7. The molecule has 1 aromatic rings. The first-order valence-corrected chi connectivity index (χ1v) is 6.86. The Kier molecular flexibility index (Phi) is 5.82. The quantitative estimate of drug-likeness (QED) is 0.845. The second-order valence-corrected chi connectivity index (χ2v) is 6.10. The lowest BCUT2D eigenvalue weighted by molar-refractivity contribution is 0.0912. The van der Waals surface area contributed by atoms with E-state index in [1.54, 1.807) is 19.2 Å². The molecule has 0 fully saturated rings. The van der Waals surface area contributed by atoms with Gasteiger partial charge in [0.1, 0.15) is 12.4 Å². The van der Waals surface area contributed by atoms with Crippen molar-refractivity contribution in [3.63, 3.8) is 0 Å². The van der Waals surface area contributed by atoms with Crippen LogP contribution < -0.4 is 10.1 Å². The number of nitrogens with one attached hydrogen (secondary N) is 1. The van der Waals surface area contributed by atoms with E-state index in [0.29, 0.717) is 24.5 Å². The number of amides is 1. The molecule has 0 spiro atoms. The van der Waals surface area contributed by atoms with Crippen LogP contribution in [0.15, 0.2) is 22.7 Å². The Hall–Kier alpha value is -1.07. The summed E-state index contributed by atoms with van der Waals surface area (Å²) in [6.07, 6.45) is 0. The van der Waals surface area contributed by atoms with E-state index in [1.807, 2.05) is 26.8 Å². The van der Waals surface area contributed by atoms with Gasteiger partial charge in [0.25, 0.3) is 5.91 Å². The topological polar surface area (TPSA) is 47.6 Å². The summed E-state index contributed by atoms with van der Waals surface area (Å²) in [7, 11) is 1.61. The fourth-order valence-electron chi connectivity index (χ4n) is 1.45. The molecule has 1 rings (SSSR count). The summed E-state index contributed by atoms with van der Waals surface area (Å²) < 4.78 is 11.3. The minimum Gasteiger partial charge on any atom is -0.490 e. The van der Waals surface area contributed by atoms with E-state index in [9.17, 15) is 4.79 Å². The van der Waals surface area contributed by atoms with Crippen LogP contribution >= 0.6 is 15.9 Å². The molecule has 1 amide bonds. The molecule has 0 saturated heterocycles. The molecule has 0 aliphatic rings. The predicted octanol–water partition coefficient (Wildman–Crippen LogP) is 3.00. The van der Waals surface area contributed by atoms with Gasteiger partial charge in [-0.05, 0) is 39.0 Å². The number of halogens is 1. The fourth-order valence-corrected chi connectivity index (χ4v) is 1.81. The Bertz CT molecular complexity index is 441. The second-order valence-electron chi connectivity index (χ2n) is 5.19. The summed E-state index contributed by atoms with van der Waals surface area (Å²) in [6, 6.07) is 5.37. The van der Waals surface area contributed by atoms with Gasteiger partial charge in [-0.15, -0.1) is 0 Å². The van der Waals surface area contributed by atoms with E-state index in [4.69, 9.17) is 9.47 Å². The summed E-state index contributed by atoms with van der Waals surface area (Å²) in [5.41, 5.74) is 0.226. The van der Waals surface area contributed by atoms with E-state index in [1.165, 1.54) is 0 Å². The third-order valence-corrected chi connectivity index (χ3v) is 2.71. The van der Waals surface area contributed by atoms with Crippen LogP contribution in [0.4, 0.5) is 0 Å². The van der Waals surface area contributed by atoms with E-state index in [-0.39, 0.29) is 11.4 Å². The van der Waals surface area contributed by atoms with Gasteiger partial charge in [0.15, 0.2) is 0 Å². The van der Waals surface area contributed by atoms with E-state index < -0.39 is 0 Å². The maximum absolute atomic E-state index is 12.2. The Morgan fingerprint density at radius 2 is 2.00 bits per heavy atom. The standard InChI is InChI=1S/C14H20BrNO3/c1-14(2,3)16-13(17)11-9-10(15)5-6-12(11)19-8-7-18-4/h5-6,9H,7-8H2,1-4H3,(H,16,17). The number of ether oxygens (including phenoxy) is 2. The average Bonchev–Trinajstić information content (AvgIpc) is 2.29. The highest BCUT2D eigenvalue weighted by Crippen LogP contribution is 2.23. The average molecular weight is 330 g/mol. The van der Waals surface area contributed by atoms with Gasteiger partial charge < -0.3 is 14.8 Å². The molecular weight excluding hydrogens is 310 g/mol. The summed E-state index contributed by atoms with van der Waals surface area (Å²) in [5, 5.41) is 2.92. The first-order chi connectivity index (χ1) is 8.83. The van der Waals surface area contributed by atoms with Crippen molar-refractivity contribution in [1.29, 1.82) is 0 Å². The zero-order valence-corrected chi connectivity index (χ0v) is 13.3. The van der Waals surface area contributed by atoms with Gasteiger partial charge in [-0.1, -0.05) is 15.9 Å². The van der Waals surface area contributed by atoms with Crippen LogP contribution in [0.2, 0.25) is 0 Å². The van der Waals surface area contributed by atoms with Crippen LogP contribution in [-0.2, 0) is 4.74 Å². The van der Waals surface area contributed by atoms with Crippen LogP contribution in [0.5, 0.6) is 5.75 Å². The van der Waals surface area contributed by atoms with Crippen molar-refractivity contribution < 1.29 is 14.3 Å². The molecule has 0 aliphatic heterocycles. The van der Waals surface area contributed by atoms with Crippen LogP contribution in [0.25, 0.3) is 0 Å². The Balaban J connectivity index is 2.90. The molecule has 106 valence electrons. The largest absolute Gasteiger partial charge is 0.490 e. The maximum Gasteiger partial charge on any atom is 0.255 e. The summed E-state index contributed by atoms with van der Waals surface area (Å²) in [5.74, 6) is 0.406. The van der Waals surface area contributed by atoms with Gasteiger partial charge in [-0.3, -0.25) is 4.79 Å². The third kappa shape index (κ3) is 5.61. The molecule has 0 bridgehead atoms. The lowest BCUT2D eigenvalue weighted by atomic mass is 10.1. The minimum atomic E-state index is -0.288. The van der Waals surface area contributed by atoms with E-state index in [2.05, 4.69) is 21.2 Å². The predicted molar refractivity (Wildman–Crippen MR) is 78.7 cm³/mol. The van der Waals surface area contributed by atoms with E-state index >= 15 is 0 Å². The van der Waals surface area contributed by atoms with Crippen LogP contribution in [0.3, 0.4) is 0 Å². The number of benzene rings is 1. The highest BCUT2D eigenvalue weighted by atomic mass is 79.9. The highest BCUT2D eigenvalue weighted by molar-refractivity contribution is 9.10. The Morgan fingerprint density at radius 1 is 1.32 bits per heavy atom. The summed E-state index contributed by atoms with van der Waals surface area (Å²) in [4.78, 5) is 12.2. The molecule has 4 nitrogen and oxygen atoms in total. The highest BCUT2D eigenvalue weighted by Gasteiger charge is 2.19. The molecule has 1 aromatic carbocycles. The molecule has 0 unspecified atom stereocenters. The Labute approximate surface area is 122 Å². The van der Waals surface area contributed by atoms with Gasteiger partial charge in [-0.2, -0.15) is 0 Å². The normalized spacial score (nSPS) is 11.2. The third-order valence-electron chi connectivity index (χ3n) is 2.22. The molecule has 5 heteroatoms. The number of methoxy groups -OCH3 is 1. The van der Waals surface area contributed by atoms with Crippen molar-refractivity contribution in [2.75, 3.05) is 20.3 Å². The van der Waals surface area contributed by atoms with Crippen molar-refractivity contribution in [2.45, 2.75) is 26.3 Å². The van der Waals surface area contributed by atoms with Gasteiger partial charge >= 0.3 is 0 Å². The van der Waals surface area contributed by atoms with Crippen LogP contribution in [-0.4, -0.2) is 31.8 Å². The number of hydrogen-bond acceptors (Lipinski definition) is 3. The van der Waals surface area contributed by atoms with Gasteiger partial charge in [0.2, 0.25) is 0 Å². The Morgan fingerprint density at radius 3 is 2.58 bits per heavy atom. The van der Waals surface area contributed by atoms with E-state index in [0.717, 1.165) is 4.47 Å². The van der Waals surface area contributed by atoms with Crippen molar-refractivity contribution in [1.82, 2.24) is 5.32 Å². The molecule has 0 aromatic heterocycles. The van der Waals surface area contributed by atoms with Crippen LogP contribution in [0, 0.1) is 0 Å². The summed E-state index contributed by atoms with van der Waals surface area (Å²) >= 11 is 3.37. The fraction of sp³-hybridized carbons (Fsp3) is 0.500. The van der Waals surface area contributed by atoms with Crippen molar-refractivity contribution in [3.8, 4) is 5.75 Å². The first kappa shape index (κ1) is 16.0. The molecule has 0 saturated carbocycles. The van der Waals surface area contributed by atoms with Crippen molar-refractivity contribution in [2.24, 2.45) is 0 Å². The molecule has 19 heavy (non-hydrogen) atoms. The van der Waals surface area contributed by atoms with Crippen LogP contribution in [0.1, 0.15) is 31.1 Å². The molecule has 1 N–H and O–H groups in total.